The first-order valence-corrected chi connectivity index (χ1v) is 7.53. The molecule has 1 aromatic carbocycles. The van der Waals surface area contributed by atoms with Gasteiger partial charge in [0.25, 0.3) is 5.91 Å². The van der Waals surface area contributed by atoms with Gasteiger partial charge in [-0.25, -0.2) is 4.98 Å². The minimum atomic E-state index is -0.707. The van der Waals surface area contributed by atoms with E-state index in [0.717, 1.165) is 6.07 Å². The Morgan fingerprint density at radius 2 is 2.04 bits per heavy atom. The predicted molar refractivity (Wildman–Crippen MR) is 89.3 cm³/mol. The summed E-state index contributed by atoms with van der Waals surface area (Å²) in [6.45, 7) is 0. The van der Waals surface area contributed by atoms with Gasteiger partial charge in [-0.3, -0.25) is 14.9 Å². The molecule has 0 radical (unpaired) electrons. The monoisotopic (exact) mass is 351 g/mol. The van der Waals surface area contributed by atoms with Crippen LogP contribution in [0.25, 0.3) is 22.7 Å². The number of oxazole rings is 1. The van der Waals surface area contributed by atoms with Crippen LogP contribution < -0.4 is 10.3 Å². The van der Waals surface area contributed by atoms with E-state index in [0.29, 0.717) is 28.4 Å². The molecule has 4 rings (SSSR count). The molecule has 1 amide bonds. The van der Waals surface area contributed by atoms with E-state index in [1.54, 1.807) is 42.6 Å². The first kappa shape index (κ1) is 15.5. The van der Waals surface area contributed by atoms with Crippen molar-refractivity contribution in [2.45, 2.75) is 0 Å². The molecule has 0 aliphatic carbocycles. The van der Waals surface area contributed by atoms with Crippen LogP contribution >= 0.6 is 0 Å². The number of aromatic amines is 1. The van der Waals surface area contributed by atoms with Gasteiger partial charge >= 0.3 is 17.4 Å². The molecule has 0 aliphatic heterocycles. The fourth-order valence-electron chi connectivity index (χ4n) is 2.40. The average Bonchev–Trinajstić information content (AvgIpc) is 3.29. The Kier molecular flexibility index (Phi) is 3.66. The zero-order valence-electron chi connectivity index (χ0n) is 13.1. The van der Waals surface area contributed by atoms with Crippen molar-refractivity contribution >= 4 is 28.7 Å². The number of pyridine rings is 1. The quantitative estimate of drug-likeness (QED) is 0.445. The maximum absolute atomic E-state index is 12.2. The third kappa shape index (κ3) is 2.88. The fourth-order valence-corrected chi connectivity index (χ4v) is 2.40. The molecular weight excluding hydrogens is 340 g/mol. The Morgan fingerprint density at radius 1 is 1.15 bits per heavy atom. The third-order valence-electron chi connectivity index (χ3n) is 3.58. The van der Waals surface area contributed by atoms with E-state index in [4.69, 9.17) is 8.83 Å². The Morgan fingerprint density at radius 3 is 2.81 bits per heavy atom. The van der Waals surface area contributed by atoms with Crippen LogP contribution in [-0.2, 0) is 0 Å². The van der Waals surface area contributed by atoms with E-state index in [9.17, 15) is 14.9 Å². The van der Waals surface area contributed by atoms with Gasteiger partial charge in [-0.2, -0.15) is 0 Å². The molecule has 0 fully saturated rings. The number of rotatable bonds is 4. The fraction of sp³-hybridized carbons (Fsp3) is 0. The summed E-state index contributed by atoms with van der Waals surface area (Å²) in [4.78, 5) is 29.4. The van der Waals surface area contributed by atoms with Crippen LogP contribution in [0.4, 0.5) is 11.6 Å². The molecule has 3 heterocycles. The largest absolute Gasteiger partial charge is 0.433 e. The summed E-state index contributed by atoms with van der Waals surface area (Å²) in [7, 11) is 0. The van der Waals surface area contributed by atoms with Crippen LogP contribution in [-0.4, -0.2) is 15.8 Å². The minimum Gasteiger partial charge on any atom is -0.411 e. The molecular formula is C17H11N4O5+. The molecule has 4 aromatic rings. The highest BCUT2D eigenvalue weighted by molar-refractivity contribution is 6.02. The van der Waals surface area contributed by atoms with Crippen molar-refractivity contribution in [3.05, 3.63) is 70.6 Å². The number of aromatic nitrogens is 2. The zero-order chi connectivity index (χ0) is 18.1. The number of hydrogen-bond acceptors (Lipinski definition) is 6. The van der Waals surface area contributed by atoms with Gasteiger partial charge in [-0.15, -0.1) is 0 Å². The highest BCUT2D eigenvalue weighted by Crippen LogP contribution is 2.25. The standard InChI is InChI=1S/C17H10N4O5/c22-16(13-6-7-14(25-13)21(23)24)19-11-4-1-3-10(9-11)17-20-15-12(26-17)5-2-8-18-15/h1-9H,(H,19,22)/p+1. The Labute approximate surface area is 145 Å². The van der Waals surface area contributed by atoms with Crippen molar-refractivity contribution in [1.29, 1.82) is 0 Å². The average molecular weight is 351 g/mol. The number of carbonyl (C=O) groups excluding carboxylic acids is 1. The highest BCUT2D eigenvalue weighted by Gasteiger charge is 2.19. The number of nitro groups is 1. The number of furan rings is 1. The Balaban J connectivity index is 1.59. The summed E-state index contributed by atoms with van der Waals surface area (Å²) in [5.74, 6) is -0.849. The second-order valence-corrected chi connectivity index (χ2v) is 5.33. The lowest BCUT2D eigenvalue weighted by atomic mass is 10.2. The third-order valence-corrected chi connectivity index (χ3v) is 3.58. The molecule has 0 unspecified atom stereocenters. The SMILES string of the molecule is O=C(Nc1cccc(-c2nc3[nH+]cccc3o2)c1)c1ccc([N+](=O)[O-])o1. The molecule has 0 saturated carbocycles. The van der Waals surface area contributed by atoms with E-state index in [1.807, 2.05) is 0 Å². The maximum Gasteiger partial charge on any atom is 0.433 e. The van der Waals surface area contributed by atoms with E-state index in [1.165, 1.54) is 6.07 Å². The summed E-state index contributed by atoms with van der Waals surface area (Å²) < 4.78 is 10.6. The smallest absolute Gasteiger partial charge is 0.411 e. The molecule has 26 heavy (non-hydrogen) atoms. The molecule has 3 aromatic heterocycles. The molecule has 0 saturated heterocycles. The number of hydrogen-bond donors (Lipinski definition) is 1. The Hall–Kier alpha value is -4.01. The molecule has 9 heteroatoms. The summed E-state index contributed by atoms with van der Waals surface area (Å²) >= 11 is 0. The van der Waals surface area contributed by atoms with E-state index in [2.05, 4.69) is 15.3 Å². The number of anilines is 1. The summed E-state index contributed by atoms with van der Waals surface area (Å²) in [5, 5.41) is 13.3. The number of fused-ring (bicyclic) bond motifs is 1. The van der Waals surface area contributed by atoms with Crippen LogP contribution in [0.1, 0.15) is 10.6 Å². The van der Waals surface area contributed by atoms with Gasteiger partial charge in [-0.1, -0.05) is 6.07 Å². The highest BCUT2D eigenvalue weighted by atomic mass is 16.6. The van der Waals surface area contributed by atoms with Gasteiger partial charge in [0.05, 0.1) is 17.8 Å². The van der Waals surface area contributed by atoms with Gasteiger partial charge in [0.1, 0.15) is 4.92 Å². The van der Waals surface area contributed by atoms with Gasteiger partial charge in [0.15, 0.2) is 5.76 Å². The number of nitrogens with one attached hydrogen (secondary N) is 2. The molecule has 9 nitrogen and oxygen atoms in total. The molecule has 2 N–H and O–H groups in total. The number of nitrogens with zero attached hydrogens (tertiary/aromatic N) is 2. The Bertz CT molecular complexity index is 1100. The van der Waals surface area contributed by atoms with E-state index >= 15 is 0 Å². The molecule has 0 spiro atoms. The molecule has 0 aliphatic rings. The van der Waals surface area contributed by atoms with Crippen molar-refractivity contribution in [2.24, 2.45) is 0 Å². The number of amides is 1. The number of H-pyrrole nitrogens is 1. The first-order chi connectivity index (χ1) is 12.6. The van der Waals surface area contributed by atoms with E-state index in [-0.39, 0.29) is 5.76 Å². The number of carbonyl (C=O) groups is 1. The van der Waals surface area contributed by atoms with Crippen molar-refractivity contribution in [1.82, 2.24) is 4.98 Å². The number of benzene rings is 1. The first-order valence-electron chi connectivity index (χ1n) is 7.53. The summed E-state index contributed by atoms with van der Waals surface area (Å²) in [6, 6.07) is 12.8. The van der Waals surface area contributed by atoms with E-state index < -0.39 is 16.7 Å². The molecule has 128 valence electrons. The normalized spacial score (nSPS) is 10.8. The van der Waals surface area contributed by atoms with Gasteiger partial charge in [-0.05, 0) is 36.4 Å². The van der Waals surface area contributed by atoms with Crippen LogP contribution in [0, 0.1) is 10.1 Å². The molecule has 0 atom stereocenters. The van der Waals surface area contributed by atoms with Crippen LogP contribution in [0.3, 0.4) is 0 Å². The minimum absolute atomic E-state index is 0.154. The van der Waals surface area contributed by atoms with Gasteiger partial charge in [0, 0.05) is 10.7 Å². The van der Waals surface area contributed by atoms with Crippen LogP contribution in [0.2, 0.25) is 0 Å². The van der Waals surface area contributed by atoms with Crippen molar-refractivity contribution in [2.75, 3.05) is 5.32 Å². The lowest BCUT2D eigenvalue weighted by Gasteiger charge is -2.03. The summed E-state index contributed by atoms with van der Waals surface area (Å²) in [5.41, 5.74) is 2.36. The lowest BCUT2D eigenvalue weighted by Crippen LogP contribution is -2.10. The maximum atomic E-state index is 12.2. The predicted octanol–water partition coefficient (Wildman–Crippen LogP) is 3.06. The summed E-state index contributed by atoms with van der Waals surface area (Å²) in [6.07, 6.45) is 1.74. The van der Waals surface area contributed by atoms with Crippen molar-refractivity contribution < 1.29 is 23.5 Å². The topological polar surface area (TPSA) is 126 Å². The van der Waals surface area contributed by atoms with Crippen LogP contribution in [0.15, 0.2) is 63.6 Å². The second kappa shape index (κ2) is 6.13. The van der Waals surface area contributed by atoms with Crippen molar-refractivity contribution in [3.8, 4) is 11.5 Å². The second-order valence-electron chi connectivity index (χ2n) is 5.33. The van der Waals surface area contributed by atoms with Crippen LogP contribution in [0.5, 0.6) is 0 Å². The van der Waals surface area contributed by atoms with Gasteiger partial charge < -0.3 is 14.2 Å². The van der Waals surface area contributed by atoms with Crippen molar-refractivity contribution in [3.63, 3.8) is 0 Å². The molecule has 0 bridgehead atoms. The lowest BCUT2D eigenvalue weighted by molar-refractivity contribution is -0.402. The zero-order valence-corrected chi connectivity index (χ0v) is 13.1. The van der Waals surface area contributed by atoms with Gasteiger partial charge in [0.2, 0.25) is 5.58 Å².